The molecule has 0 rings (SSSR count). The molecule has 0 saturated heterocycles. The summed E-state index contributed by atoms with van der Waals surface area (Å²) in [5.41, 5.74) is 0. The summed E-state index contributed by atoms with van der Waals surface area (Å²) in [6.07, 6.45) is 1.98. The van der Waals surface area contributed by atoms with E-state index in [1.54, 1.807) is 0 Å². The van der Waals surface area contributed by atoms with Gasteiger partial charge in [-0.15, -0.1) is 4.91 Å². The molecular formula is C9H18N2O2. The third-order valence-electron chi connectivity index (χ3n) is 1.77. The first-order valence-electron chi connectivity index (χ1n) is 4.75. The van der Waals surface area contributed by atoms with Crippen LogP contribution < -0.4 is 0 Å². The summed E-state index contributed by atoms with van der Waals surface area (Å²) in [4.78, 5) is 21.5. The van der Waals surface area contributed by atoms with Crippen LogP contribution in [0.15, 0.2) is 5.29 Å². The Morgan fingerprint density at radius 3 is 2.46 bits per heavy atom. The summed E-state index contributed by atoms with van der Waals surface area (Å²) in [7, 11) is 0. The molecule has 13 heavy (non-hydrogen) atoms. The first-order valence-corrected chi connectivity index (χ1v) is 4.75. The van der Waals surface area contributed by atoms with Crippen molar-refractivity contribution in [2.75, 3.05) is 6.54 Å². The second-order valence-electron chi connectivity index (χ2n) is 3.53. The maximum atomic E-state index is 11.2. The van der Waals surface area contributed by atoms with Gasteiger partial charge in [-0.3, -0.25) is 4.79 Å². The van der Waals surface area contributed by atoms with Crippen molar-refractivity contribution in [2.45, 2.75) is 40.0 Å². The Bertz CT molecular complexity index is 169. The van der Waals surface area contributed by atoms with Crippen molar-refractivity contribution >= 4 is 5.91 Å². The number of rotatable bonds is 6. The van der Waals surface area contributed by atoms with E-state index in [0.29, 0.717) is 18.9 Å². The van der Waals surface area contributed by atoms with Crippen molar-refractivity contribution < 1.29 is 4.79 Å². The minimum Gasteiger partial charge on any atom is -0.273 e. The van der Waals surface area contributed by atoms with E-state index in [-0.39, 0.29) is 5.91 Å². The van der Waals surface area contributed by atoms with Crippen molar-refractivity contribution in [1.29, 1.82) is 0 Å². The molecule has 0 N–H and O–H groups in total. The fraction of sp³-hybridized carbons (Fsp3) is 0.889. The zero-order valence-electron chi connectivity index (χ0n) is 8.62. The van der Waals surface area contributed by atoms with Gasteiger partial charge in [-0.2, -0.15) is 5.01 Å². The average molecular weight is 186 g/mol. The summed E-state index contributed by atoms with van der Waals surface area (Å²) in [6.45, 7) is 6.45. The van der Waals surface area contributed by atoms with Gasteiger partial charge < -0.3 is 0 Å². The Kier molecular flexibility index (Phi) is 6.10. The zero-order chi connectivity index (χ0) is 10.3. The topological polar surface area (TPSA) is 49.7 Å². The van der Waals surface area contributed by atoms with Crippen LogP contribution in [0.3, 0.4) is 0 Å². The molecule has 0 fully saturated rings. The van der Waals surface area contributed by atoms with Crippen molar-refractivity contribution in [2.24, 2.45) is 11.2 Å². The van der Waals surface area contributed by atoms with E-state index < -0.39 is 0 Å². The number of hydrogen-bond acceptors (Lipinski definition) is 3. The minimum absolute atomic E-state index is 0.168. The number of nitrogens with zero attached hydrogens (tertiary/aromatic N) is 2. The Morgan fingerprint density at radius 1 is 1.46 bits per heavy atom. The van der Waals surface area contributed by atoms with E-state index in [1.165, 1.54) is 0 Å². The van der Waals surface area contributed by atoms with Crippen molar-refractivity contribution in [3.05, 3.63) is 4.91 Å². The van der Waals surface area contributed by atoms with Crippen LogP contribution in [-0.2, 0) is 4.79 Å². The smallest absolute Gasteiger partial charge is 0.245 e. The van der Waals surface area contributed by atoms with Crippen LogP contribution >= 0.6 is 0 Å². The van der Waals surface area contributed by atoms with E-state index in [1.807, 2.05) is 20.8 Å². The molecule has 0 bridgehead atoms. The van der Waals surface area contributed by atoms with Gasteiger partial charge >= 0.3 is 0 Å². The van der Waals surface area contributed by atoms with Gasteiger partial charge in [-0.05, 0) is 18.8 Å². The van der Waals surface area contributed by atoms with E-state index in [2.05, 4.69) is 5.29 Å². The molecule has 0 aliphatic heterocycles. The Balaban J connectivity index is 3.87. The third-order valence-corrected chi connectivity index (χ3v) is 1.77. The summed E-state index contributed by atoms with van der Waals surface area (Å²) in [5, 5.41) is 3.74. The van der Waals surface area contributed by atoms with Gasteiger partial charge in [0.2, 0.25) is 5.91 Å². The molecule has 0 saturated carbocycles. The molecule has 0 atom stereocenters. The van der Waals surface area contributed by atoms with Gasteiger partial charge in [0.05, 0.1) is 5.29 Å². The molecule has 0 aliphatic carbocycles. The molecule has 76 valence electrons. The summed E-state index contributed by atoms with van der Waals surface area (Å²) < 4.78 is 0. The second kappa shape index (κ2) is 6.57. The lowest BCUT2D eigenvalue weighted by Gasteiger charge is -2.13. The Hall–Kier alpha value is -0.930. The lowest BCUT2D eigenvalue weighted by Crippen LogP contribution is -2.26. The van der Waals surface area contributed by atoms with E-state index in [4.69, 9.17) is 0 Å². The van der Waals surface area contributed by atoms with Crippen LogP contribution in [-0.4, -0.2) is 17.5 Å². The summed E-state index contributed by atoms with van der Waals surface area (Å²) in [6, 6.07) is 0. The van der Waals surface area contributed by atoms with Crippen LogP contribution in [0.1, 0.15) is 40.0 Å². The highest BCUT2D eigenvalue weighted by molar-refractivity contribution is 5.75. The van der Waals surface area contributed by atoms with Crippen LogP contribution in [0.4, 0.5) is 0 Å². The molecule has 0 aromatic heterocycles. The van der Waals surface area contributed by atoms with Crippen LogP contribution in [0, 0.1) is 10.8 Å². The molecule has 0 aromatic rings. The van der Waals surface area contributed by atoms with Crippen molar-refractivity contribution in [3.8, 4) is 0 Å². The summed E-state index contributed by atoms with van der Waals surface area (Å²) >= 11 is 0. The van der Waals surface area contributed by atoms with Gasteiger partial charge in [0, 0.05) is 13.0 Å². The van der Waals surface area contributed by atoms with Crippen LogP contribution in [0.25, 0.3) is 0 Å². The number of carbonyl (C=O) groups excluding carboxylic acids is 1. The lowest BCUT2D eigenvalue weighted by molar-refractivity contribution is -0.131. The van der Waals surface area contributed by atoms with Gasteiger partial charge in [-0.1, -0.05) is 20.8 Å². The number of nitroso groups, excluding NO2 is 1. The molecule has 0 radical (unpaired) electrons. The quantitative estimate of drug-likeness (QED) is 0.472. The molecule has 0 spiro atoms. The maximum absolute atomic E-state index is 11.2. The number of carbonyl (C=O) groups is 1. The van der Waals surface area contributed by atoms with Gasteiger partial charge in [0.25, 0.3) is 0 Å². The Labute approximate surface area is 79.2 Å². The molecule has 0 aliphatic rings. The lowest BCUT2D eigenvalue weighted by atomic mass is 10.1. The zero-order valence-corrected chi connectivity index (χ0v) is 8.62. The minimum atomic E-state index is -0.168. The molecule has 4 nitrogen and oxygen atoms in total. The monoisotopic (exact) mass is 186 g/mol. The predicted molar refractivity (Wildman–Crippen MR) is 51.9 cm³/mol. The van der Waals surface area contributed by atoms with Crippen LogP contribution in [0.2, 0.25) is 0 Å². The number of amides is 1. The van der Waals surface area contributed by atoms with E-state index in [0.717, 1.165) is 17.9 Å². The molecule has 0 unspecified atom stereocenters. The molecule has 0 aromatic carbocycles. The first-order chi connectivity index (χ1) is 6.11. The van der Waals surface area contributed by atoms with Gasteiger partial charge in [0.1, 0.15) is 0 Å². The van der Waals surface area contributed by atoms with Crippen LogP contribution in [0.5, 0.6) is 0 Å². The highest BCUT2D eigenvalue weighted by atomic mass is 16.3. The Morgan fingerprint density at radius 2 is 2.08 bits per heavy atom. The fourth-order valence-corrected chi connectivity index (χ4v) is 0.934. The molecule has 4 heteroatoms. The average Bonchev–Trinajstić information content (AvgIpc) is 2.05. The summed E-state index contributed by atoms with van der Waals surface area (Å²) in [5.74, 6) is 0.317. The predicted octanol–water partition coefficient (Wildman–Crippen LogP) is 2.34. The SMILES string of the molecule is CCCC(=O)N(CCC(C)C)N=O. The third kappa shape index (κ3) is 5.33. The largest absolute Gasteiger partial charge is 0.273 e. The molecule has 0 heterocycles. The normalized spacial score (nSPS) is 10.2. The van der Waals surface area contributed by atoms with Crippen molar-refractivity contribution in [3.63, 3.8) is 0 Å². The maximum Gasteiger partial charge on any atom is 0.245 e. The standard InChI is InChI=1S/C9H18N2O2/c1-4-5-9(12)11(10-13)7-6-8(2)3/h8H,4-7H2,1-3H3. The molecular weight excluding hydrogens is 168 g/mol. The highest BCUT2D eigenvalue weighted by Crippen LogP contribution is 2.04. The van der Waals surface area contributed by atoms with E-state index >= 15 is 0 Å². The second-order valence-corrected chi connectivity index (χ2v) is 3.53. The highest BCUT2D eigenvalue weighted by Gasteiger charge is 2.12. The van der Waals surface area contributed by atoms with E-state index in [9.17, 15) is 9.70 Å². The number of hydrogen-bond donors (Lipinski definition) is 0. The van der Waals surface area contributed by atoms with Gasteiger partial charge in [-0.25, -0.2) is 0 Å². The fourth-order valence-electron chi connectivity index (χ4n) is 0.934. The molecule has 1 amide bonds. The van der Waals surface area contributed by atoms with Crippen molar-refractivity contribution in [1.82, 2.24) is 5.01 Å². The first kappa shape index (κ1) is 12.1. The van der Waals surface area contributed by atoms with Gasteiger partial charge in [0.15, 0.2) is 0 Å².